The average Bonchev–Trinajstić information content (AvgIpc) is 3.84. The van der Waals surface area contributed by atoms with Gasteiger partial charge in [-0.2, -0.15) is 0 Å². The smallest absolute Gasteiger partial charge is 0.427 e. The predicted octanol–water partition coefficient (Wildman–Crippen LogP) is 9.19. The molecule has 20 heteroatoms. The van der Waals surface area contributed by atoms with Gasteiger partial charge in [-0.25, -0.2) is 23.9 Å². The summed E-state index contributed by atoms with van der Waals surface area (Å²) in [7, 11) is 1.51. The average molecular weight is 935 g/mol. The van der Waals surface area contributed by atoms with Crippen LogP contribution in [0.3, 0.4) is 0 Å². The summed E-state index contributed by atoms with van der Waals surface area (Å²) in [5.41, 5.74) is 7.09. The minimum atomic E-state index is -3.10. The van der Waals surface area contributed by atoms with Crippen molar-refractivity contribution in [2.24, 2.45) is 5.73 Å². The predicted molar refractivity (Wildman–Crippen MR) is 238 cm³/mol. The highest BCUT2D eigenvalue weighted by molar-refractivity contribution is 7.57. The normalized spacial score (nSPS) is 19.0. The zero-order chi connectivity index (χ0) is 47.7. The number of nitrogens with two attached hydrogens (primary N) is 1. The minimum absolute atomic E-state index is 0.00962. The summed E-state index contributed by atoms with van der Waals surface area (Å²) in [5, 5.41) is 12.2. The number of benzene rings is 3. The zero-order valence-electron chi connectivity index (χ0n) is 37.4. The summed E-state index contributed by atoms with van der Waals surface area (Å²) >= 11 is 6.04. The number of hydrogen-bond acceptors (Lipinski definition) is 12. The molecule has 3 aliphatic rings. The molecular weight excluding hydrogens is 878 g/mol. The molecule has 3 unspecified atom stereocenters. The number of carbonyl (C=O) groups is 4. The molecule has 350 valence electrons. The van der Waals surface area contributed by atoms with Crippen molar-refractivity contribution in [3.63, 3.8) is 0 Å². The number of carboxylic acid groups (broad SMARTS) is 1. The van der Waals surface area contributed by atoms with Gasteiger partial charge in [-0.15, -0.1) is 0 Å². The number of fused-ring (bicyclic) bond motifs is 1. The minimum Gasteiger partial charge on any atom is -0.489 e. The first kappa shape index (κ1) is 51.4. The third kappa shape index (κ3) is 13.9. The lowest BCUT2D eigenvalue weighted by Crippen LogP contribution is -2.45. The number of imide groups is 1. The van der Waals surface area contributed by atoms with Crippen LogP contribution in [-0.2, 0) is 33.9 Å². The Morgan fingerprint density at radius 3 is 2.23 bits per heavy atom. The quantitative estimate of drug-likeness (QED) is 0.0755. The number of rotatable bonds is 12. The van der Waals surface area contributed by atoms with E-state index in [0.717, 1.165) is 54.5 Å². The maximum Gasteiger partial charge on any atom is 0.427 e. The van der Waals surface area contributed by atoms with Crippen LogP contribution in [0.1, 0.15) is 78.7 Å². The number of nitrogens with zero attached hydrogens (tertiary/aromatic N) is 2. The van der Waals surface area contributed by atoms with Gasteiger partial charge in [0.2, 0.25) is 5.79 Å². The number of nitrogens with one attached hydrogen (secondary N) is 1. The molecular formula is C44H57ClFN4O13P. The van der Waals surface area contributed by atoms with Crippen molar-refractivity contribution in [2.75, 3.05) is 44.3 Å². The number of allylic oxidation sites excluding steroid dienone is 1. The van der Waals surface area contributed by atoms with Gasteiger partial charge in [0.15, 0.2) is 13.1 Å². The Balaban J connectivity index is 0.000000231. The number of cyclic esters (lactones) is 1. The van der Waals surface area contributed by atoms with E-state index in [9.17, 15) is 28.1 Å². The van der Waals surface area contributed by atoms with E-state index < -0.39 is 43.0 Å². The molecule has 4 amide bonds. The number of ether oxygens (including phenoxy) is 5. The van der Waals surface area contributed by atoms with Crippen molar-refractivity contribution in [2.45, 2.75) is 96.5 Å². The molecule has 1 aliphatic carbocycles. The highest BCUT2D eigenvalue weighted by Gasteiger charge is 2.43. The van der Waals surface area contributed by atoms with Gasteiger partial charge in [0.05, 0.1) is 23.9 Å². The van der Waals surface area contributed by atoms with Gasteiger partial charge >= 0.3 is 24.0 Å². The number of carbonyl (C=O) groups excluding carboxylic acids is 3. The molecule has 0 bridgehead atoms. The van der Waals surface area contributed by atoms with Crippen molar-refractivity contribution in [3.05, 3.63) is 82.3 Å². The number of hydrogen-bond donors (Lipinski definition) is 4. The standard InChI is InChI=1S/C22H28N2O5.C17H17ClFNO4.C5H12NO4P/c1-21(2)14-22(3,26-5)29-19-13-17(11-12-18(19)21)28-16-9-7-15(8-10-16)23-20(25)24(4)27-6;1-9(2)15-16(21)20(17(22)24-15)13-8-14(11(18)7-12(13)19)23-10-5-3-4-6-10;1-11(9,10)3-2-4(6)5(7)8/h7-13H,14H2,1-6H3,(H,23,25);7-8,10H,3-6H2,1-2H3;4H,2-3,6H2,1H3,(H,7,8)(H,9,10). The molecule has 6 rings (SSSR count). The molecule has 3 aromatic carbocycles. The van der Waals surface area contributed by atoms with Crippen molar-refractivity contribution in [1.29, 1.82) is 0 Å². The molecule has 17 nitrogen and oxygen atoms in total. The van der Waals surface area contributed by atoms with Crippen LogP contribution < -0.4 is 30.2 Å². The van der Waals surface area contributed by atoms with Crippen LogP contribution in [-0.4, -0.2) is 91.1 Å². The largest absolute Gasteiger partial charge is 0.489 e. The van der Waals surface area contributed by atoms with Crippen LogP contribution in [0.15, 0.2) is 65.9 Å². The number of aliphatic carboxylic acids is 1. The van der Waals surface area contributed by atoms with E-state index in [4.69, 9.17) is 55.9 Å². The molecule has 0 aromatic heterocycles. The van der Waals surface area contributed by atoms with Gasteiger partial charge in [-0.05, 0) is 93.3 Å². The number of urea groups is 1. The summed E-state index contributed by atoms with van der Waals surface area (Å²) in [6.07, 6.45) is 3.76. The second kappa shape index (κ2) is 21.6. The first-order valence-corrected chi connectivity index (χ1v) is 23.0. The van der Waals surface area contributed by atoms with Gasteiger partial charge in [0.25, 0.3) is 0 Å². The Bertz CT molecular complexity index is 2260. The van der Waals surface area contributed by atoms with E-state index in [2.05, 4.69) is 19.2 Å². The van der Waals surface area contributed by atoms with Crippen molar-refractivity contribution in [3.8, 4) is 23.0 Å². The van der Waals surface area contributed by atoms with Crippen molar-refractivity contribution < 1.29 is 66.7 Å². The number of halogens is 2. The molecule has 1 saturated carbocycles. The first-order chi connectivity index (χ1) is 29.9. The Kier molecular flexibility index (Phi) is 17.4. The SMILES string of the molecule is CC(C)=C1OC(=O)N(c2cc(OC3CCCC3)c(Cl)cc2F)C1=O.CON(C)C(=O)Nc1ccc(Oc2ccc3c(c2)OC(C)(OC)CC3(C)C)cc1.CP(=O)(O)CCC(N)C(=O)O. The second-order valence-electron chi connectivity index (χ2n) is 16.5. The summed E-state index contributed by atoms with van der Waals surface area (Å²) in [6.45, 7) is 10.8. The highest BCUT2D eigenvalue weighted by atomic mass is 35.5. The van der Waals surface area contributed by atoms with E-state index in [1.807, 2.05) is 25.1 Å². The summed E-state index contributed by atoms with van der Waals surface area (Å²) < 4.78 is 53.4. The van der Waals surface area contributed by atoms with Crippen LogP contribution in [0, 0.1) is 5.82 Å². The lowest BCUT2D eigenvalue weighted by molar-refractivity contribution is -0.172. The van der Waals surface area contributed by atoms with E-state index in [-0.39, 0.29) is 52.4 Å². The fourth-order valence-corrected chi connectivity index (χ4v) is 7.82. The van der Waals surface area contributed by atoms with E-state index >= 15 is 0 Å². The lowest BCUT2D eigenvalue weighted by Gasteiger charge is -2.43. The number of hydroxylamine groups is 2. The zero-order valence-corrected chi connectivity index (χ0v) is 39.0. The summed E-state index contributed by atoms with van der Waals surface area (Å²) in [5.74, 6) is -1.08. The van der Waals surface area contributed by atoms with Crippen LogP contribution >= 0.6 is 19.0 Å². The van der Waals surface area contributed by atoms with Gasteiger partial charge < -0.3 is 44.7 Å². The lowest BCUT2D eigenvalue weighted by atomic mass is 9.76. The molecule has 2 fully saturated rings. The Hall–Kier alpha value is -5.23. The van der Waals surface area contributed by atoms with E-state index in [0.29, 0.717) is 27.7 Å². The Morgan fingerprint density at radius 1 is 1.06 bits per heavy atom. The molecule has 0 spiro atoms. The number of methoxy groups -OCH3 is 1. The topological polar surface area (TPSA) is 226 Å². The highest BCUT2D eigenvalue weighted by Crippen LogP contribution is 2.47. The van der Waals surface area contributed by atoms with Crippen LogP contribution in [0.25, 0.3) is 0 Å². The van der Waals surface area contributed by atoms with Crippen LogP contribution in [0.4, 0.5) is 25.4 Å². The number of amides is 4. The molecule has 2 aliphatic heterocycles. The molecule has 1 saturated heterocycles. The van der Waals surface area contributed by atoms with Crippen LogP contribution in [0.2, 0.25) is 5.02 Å². The molecule has 3 atom stereocenters. The fraction of sp³-hybridized carbons (Fsp3) is 0.455. The van der Waals surface area contributed by atoms with Gasteiger partial charge in [-0.1, -0.05) is 31.5 Å². The fourth-order valence-electron chi connectivity index (χ4n) is 6.87. The molecule has 3 aromatic rings. The number of carboxylic acids is 1. The van der Waals surface area contributed by atoms with Gasteiger partial charge in [0.1, 0.15) is 34.9 Å². The third-order valence-electron chi connectivity index (χ3n) is 10.3. The summed E-state index contributed by atoms with van der Waals surface area (Å²) in [4.78, 5) is 60.5. The second-order valence-corrected chi connectivity index (χ2v) is 19.5. The van der Waals surface area contributed by atoms with Crippen LogP contribution in [0.5, 0.6) is 23.0 Å². The van der Waals surface area contributed by atoms with Gasteiger partial charge in [-0.3, -0.25) is 19.0 Å². The Morgan fingerprint density at radius 2 is 1.69 bits per heavy atom. The molecule has 5 N–H and O–H groups in total. The molecule has 64 heavy (non-hydrogen) atoms. The van der Waals surface area contributed by atoms with E-state index in [1.54, 1.807) is 45.2 Å². The maximum atomic E-state index is 14.3. The number of anilines is 2. The van der Waals surface area contributed by atoms with Gasteiger partial charge in [0, 0.05) is 63.7 Å². The monoisotopic (exact) mass is 934 g/mol. The third-order valence-corrected chi connectivity index (χ3v) is 11.7. The van der Waals surface area contributed by atoms with Crippen molar-refractivity contribution >= 4 is 54.3 Å². The molecule has 0 radical (unpaired) electrons. The summed E-state index contributed by atoms with van der Waals surface area (Å²) in [6, 6.07) is 13.9. The van der Waals surface area contributed by atoms with E-state index in [1.165, 1.54) is 26.9 Å². The maximum absolute atomic E-state index is 14.3. The Labute approximate surface area is 376 Å². The first-order valence-electron chi connectivity index (χ1n) is 20.3. The molecule has 2 heterocycles. The van der Waals surface area contributed by atoms with Crippen molar-refractivity contribution in [1.82, 2.24) is 5.06 Å².